The summed E-state index contributed by atoms with van der Waals surface area (Å²) in [6, 6.07) is 7.32. The minimum Gasteiger partial charge on any atom is -0.351 e. The normalized spacial score (nSPS) is 14.1. The van der Waals surface area contributed by atoms with Gasteiger partial charge in [-0.3, -0.25) is 4.90 Å². The molecule has 4 rings (SSSR count). The van der Waals surface area contributed by atoms with Crippen molar-refractivity contribution >= 4 is 11.7 Å². The van der Waals surface area contributed by atoms with Gasteiger partial charge in [0.05, 0.1) is 22.8 Å². The summed E-state index contributed by atoms with van der Waals surface area (Å²) in [7, 11) is 0. The fraction of sp³-hybridized carbons (Fsp3) is 0.429. The highest BCUT2D eigenvalue weighted by molar-refractivity contribution is 5.88. The Labute approximate surface area is 211 Å². The predicted octanol–water partition coefficient (Wildman–Crippen LogP) is 5.98. The Morgan fingerprint density at radius 1 is 1.11 bits per heavy atom. The lowest BCUT2D eigenvalue weighted by atomic mass is 9.93. The summed E-state index contributed by atoms with van der Waals surface area (Å²) in [6.45, 7) is 12.2. The zero-order valence-corrected chi connectivity index (χ0v) is 21.7. The molecular formula is C28H35F2N5O. The number of para-hydroxylation sites is 1. The maximum Gasteiger partial charge on any atom is 0.316 e. The first-order valence-corrected chi connectivity index (χ1v) is 12.6. The molecule has 3 N–H and O–H groups in total. The van der Waals surface area contributed by atoms with Crippen LogP contribution in [0.4, 0.5) is 19.3 Å². The monoisotopic (exact) mass is 495 g/mol. The van der Waals surface area contributed by atoms with Crippen LogP contribution in [0.15, 0.2) is 30.3 Å². The van der Waals surface area contributed by atoms with Crippen molar-refractivity contribution in [2.24, 2.45) is 5.73 Å². The van der Waals surface area contributed by atoms with E-state index in [1.54, 1.807) is 0 Å². The number of fused-ring (bicyclic) bond motifs is 1. The molecule has 6 nitrogen and oxygen atoms in total. The number of hydrogen-bond donors (Lipinski definition) is 2. The highest BCUT2D eigenvalue weighted by atomic mass is 19.1. The first-order chi connectivity index (χ1) is 17.1. The molecule has 8 heteroatoms. The smallest absolute Gasteiger partial charge is 0.316 e. The molecule has 2 amide bonds. The standard InChI is InChI=1S/C28H35F2N5O/c1-6-17-10-9-11-18(7-2)25(17)35-26(19-14-22(30)24(15-21(19)29)32-27(31)36)20-16-34(28(4,5)8-3)13-12-23(20)33-35/h9-11,14-15H,6-8,12-13,16H2,1-5H3,(H3,31,32,36). The number of nitrogens with two attached hydrogens (primary N) is 1. The van der Waals surface area contributed by atoms with Gasteiger partial charge in [-0.1, -0.05) is 39.0 Å². The summed E-state index contributed by atoms with van der Waals surface area (Å²) in [4.78, 5) is 13.7. The molecule has 192 valence electrons. The van der Waals surface area contributed by atoms with Crippen molar-refractivity contribution < 1.29 is 13.6 Å². The fourth-order valence-electron chi connectivity index (χ4n) is 5.00. The topological polar surface area (TPSA) is 76.2 Å². The van der Waals surface area contributed by atoms with Crippen LogP contribution in [0, 0.1) is 11.6 Å². The first kappa shape index (κ1) is 25.8. The van der Waals surface area contributed by atoms with E-state index in [-0.39, 0.29) is 16.8 Å². The average molecular weight is 496 g/mol. The molecule has 1 aliphatic rings. The summed E-state index contributed by atoms with van der Waals surface area (Å²) < 4.78 is 32.6. The lowest BCUT2D eigenvalue weighted by Crippen LogP contribution is -2.46. The molecule has 0 bridgehead atoms. The van der Waals surface area contributed by atoms with Crippen LogP contribution in [0.3, 0.4) is 0 Å². The number of nitrogens with one attached hydrogen (secondary N) is 1. The highest BCUT2D eigenvalue weighted by Crippen LogP contribution is 2.39. The summed E-state index contributed by atoms with van der Waals surface area (Å²) in [5, 5.41) is 7.17. The fourth-order valence-corrected chi connectivity index (χ4v) is 5.00. The van der Waals surface area contributed by atoms with Crippen LogP contribution in [0.5, 0.6) is 0 Å². The number of rotatable bonds is 7. The second-order valence-corrected chi connectivity index (χ2v) is 9.96. The maximum absolute atomic E-state index is 15.7. The molecule has 0 atom stereocenters. The molecule has 0 radical (unpaired) electrons. The first-order valence-electron chi connectivity index (χ1n) is 12.6. The van der Waals surface area contributed by atoms with Gasteiger partial charge in [-0.05, 0) is 50.3 Å². The second-order valence-electron chi connectivity index (χ2n) is 9.96. The number of aromatic nitrogens is 2. The third-order valence-corrected chi connectivity index (χ3v) is 7.50. The number of carbonyl (C=O) groups excluding carboxylic acids is 1. The largest absolute Gasteiger partial charge is 0.351 e. The Hall–Kier alpha value is -3.26. The van der Waals surface area contributed by atoms with Crippen molar-refractivity contribution in [2.75, 3.05) is 11.9 Å². The van der Waals surface area contributed by atoms with Crippen LogP contribution in [0.1, 0.15) is 63.4 Å². The van der Waals surface area contributed by atoms with Gasteiger partial charge in [-0.15, -0.1) is 0 Å². The summed E-state index contributed by atoms with van der Waals surface area (Å²) in [5.74, 6) is -1.41. The number of carbonyl (C=O) groups is 1. The van der Waals surface area contributed by atoms with E-state index in [0.717, 1.165) is 72.4 Å². The Morgan fingerprint density at radius 2 is 1.78 bits per heavy atom. The zero-order valence-electron chi connectivity index (χ0n) is 21.7. The molecule has 0 unspecified atom stereocenters. The van der Waals surface area contributed by atoms with E-state index in [0.29, 0.717) is 12.2 Å². The van der Waals surface area contributed by atoms with E-state index in [4.69, 9.17) is 10.8 Å². The minimum absolute atomic E-state index is 0.0496. The molecule has 1 aliphatic heterocycles. The predicted molar refractivity (Wildman–Crippen MR) is 139 cm³/mol. The lowest BCUT2D eigenvalue weighted by Gasteiger charge is -2.40. The lowest BCUT2D eigenvalue weighted by molar-refractivity contribution is 0.100. The quantitative estimate of drug-likeness (QED) is 0.423. The zero-order chi connectivity index (χ0) is 26.2. The highest BCUT2D eigenvalue weighted by Gasteiger charge is 2.34. The molecule has 36 heavy (non-hydrogen) atoms. The number of nitrogens with zero attached hydrogens (tertiary/aromatic N) is 3. The van der Waals surface area contributed by atoms with Crippen LogP contribution in [0.25, 0.3) is 16.9 Å². The molecule has 3 aromatic rings. The van der Waals surface area contributed by atoms with Crippen molar-refractivity contribution in [1.29, 1.82) is 0 Å². The van der Waals surface area contributed by atoms with Gasteiger partial charge in [-0.25, -0.2) is 18.3 Å². The number of aryl methyl sites for hydroxylation is 2. The molecular weight excluding hydrogens is 460 g/mol. The molecule has 0 saturated carbocycles. The summed E-state index contributed by atoms with van der Waals surface area (Å²) in [6.07, 6.45) is 3.24. The molecule has 0 saturated heterocycles. The number of halogens is 2. The van der Waals surface area contributed by atoms with Gasteiger partial charge in [0.15, 0.2) is 0 Å². The number of anilines is 1. The van der Waals surface area contributed by atoms with Gasteiger partial charge >= 0.3 is 6.03 Å². The van der Waals surface area contributed by atoms with Gasteiger partial charge < -0.3 is 11.1 Å². The number of benzene rings is 2. The third-order valence-electron chi connectivity index (χ3n) is 7.50. The Balaban J connectivity index is 2.00. The number of hydrogen-bond acceptors (Lipinski definition) is 3. The van der Waals surface area contributed by atoms with Crippen molar-refractivity contribution in [3.63, 3.8) is 0 Å². The molecule has 0 fully saturated rings. The number of primary amides is 1. The van der Waals surface area contributed by atoms with Gasteiger partial charge in [-0.2, -0.15) is 5.10 Å². The van der Waals surface area contributed by atoms with Crippen molar-refractivity contribution in [2.45, 2.75) is 72.4 Å². The Bertz CT molecular complexity index is 1280. The van der Waals surface area contributed by atoms with Crippen LogP contribution in [-0.2, 0) is 25.8 Å². The molecule has 0 spiro atoms. The maximum atomic E-state index is 15.7. The number of urea groups is 1. The van der Waals surface area contributed by atoms with E-state index in [1.807, 2.05) is 10.7 Å². The van der Waals surface area contributed by atoms with Crippen molar-refractivity contribution in [3.05, 3.63) is 64.4 Å². The second kappa shape index (κ2) is 10.0. The Morgan fingerprint density at radius 3 is 2.36 bits per heavy atom. The number of amides is 2. The molecule has 2 aromatic carbocycles. The van der Waals surface area contributed by atoms with Crippen molar-refractivity contribution in [3.8, 4) is 16.9 Å². The van der Waals surface area contributed by atoms with Crippen LogP contribution in [0.2, 0.25) is 0 Å². The Kier molecular flexibility index (Phi) is 7.18. The van der Waals surface area contributed by atoms with E-state index >= 15 is 8.78 Å². The van der Waals surface area contributed by atoms with Gasteiger partial charge in [0.25, 0.3) is 0 Å². The van der Waals surface area contributed by atoms with E-state index in [1.165, 1.54) is 0 Å². The SMILES string of the molecule is CCc1cccc(CC)c1-n1nc2c(c1-c1cc(F)c(NC(N)=O)cc1F)CN(C(C)(C)CC)CC2. The molecule has 1 aromatic heterocycles. The summed E-state index contributed by atoms with van der Waals surface area (Å²) >= 11 is 0. The van der Waals surface area contributed by atoms with Crippen LogP contribution >= 0.6 is 0 Å². The average Bonchev–Trinajstić information content (AvgIpc) is 3.23. The van der Waals surface area contributed by atoms with Crippen LogP contribution < -0.4 is 11.1 Å². The molecule has 0 aliphatic carbocycles. The molecule has 2 heterocycles. The van der Waals surface area contributed by atoms with E-state index in [2.05, 4.69) is 57.0 Å². The van der Waals surface area contributed by atoms with Gasteiger partial charge in [0.2, 0.25) is 0 Å². The van der Waals surface area contributed by atoms with Gasteiger partial charge in [0.1, 0.15) is 11.6 Å². The van der Waals surface area contributed by atoms with Crippen LogP contribution in [-0.4, -0.2) is 32.8 Å². The third kappa shape index (κ3) is 4.62. The van der Waals surface area contributed by atoms with E-state index < -0.39 is 17.7 Å². The van der Waals surface area contributed by atoms with E-state index in [9.17, 15) is 4.79 Å². The summed E-state index contributed by atoms with van der Waals surface area (Å²) in [5.41, 5.74) is 10.4. The van der Waals surface area contributed by atoms with Gasteiger partial charge in [0, 0.05) is 42.2 Å². The minimum atomic E-state index is -0.953. The van der Waals surface area contributed by atoms with Crippen molar-refractivity contribution in [1.82, 2.24) is 14.7 Å².